The average molecular weight is 504 g/mol. The highest BCUT2D eigenvalue weighted by molar-refractivity contribution is 6.35. The van der Waals surface area contributed by atoms with Gasteiger partial charge in [-0.2, -0.15) is 4.98 Å². The van der Waals surface area contributed by atoms with E-state index in [0.717, 1.165) is 38.0 Å². The maximum Gasteiger partial charge on any atom is 0.321 e. The minimum absolute atomic E-state index is 0.0680. The first-order valence-electron chi connectivity index (χ1n) is 12.7. The molecule has 2 fully saturated rings. The Balaban J connectivity index is 1.25. The highest BCUT2D eigenvalue weighted by Gasteiger charge is 2.31. The van der Waals surface area contributed by atoms with E-state index < -0.39 is 0 Å². The van der Waals surface area contributed by atoms with Crippen LogP contribution in [-0.4, -0.2) is 84.2 Å². The fourth-order valence-electron chi connectivity index (χ4n) is 4.56. The minimum Gasteiger partial charge on any atom is -0.370 e. The van der Waals surface area contributed by atoms with Gasteiger partial charge in [-0.05, 0) is 55.8 Å². The lowest BCUT2D eigenvalue weighted by Gasteiger charge is -2.22. The molecule has 0 unspecified atom stereocenters. The molecule has 4 rings (SSSR count). The highest BCUT2D eigenvalue weighted by Crippen LogP contribution is 2.20. The van der Waals surface area contributed by atoms with Gasteiger partial charge in [0.15, 0.2) is 0 Å². The number of amides is 4. The van der Waals surface area contributed by atoms with Gasteiger partial charge in [0.2, 0.25) is 17.8 Å². The van der Waals surface area contributed by atoms with Gasteiger partial charge in [0.1, 0.15) is 19.7 Å². The minimum atomic E-state index is -0.372. The van der Waals surface area contributed by atoms with E-state index in [1.54, 1.807) is 4.90 Å². The number of benzene rings is 1. The van der Waals surface area contributed by atoms with Gasteiger partial charge in [-0.25, -0.2) is 9.78 Å². The maximum absolute atomic E-state index is 12.4. The zero-order chi connectivity index (χ0) is 26.2. The van der Waals surface area contributed by atoms with Crippen LogP contribution in [0.3, 0.4) is 0 Å². The van der Waals surface area contributed by atoms with E-state index in [-0.39, 0.29) is 23.9 Å². The molecule has 4 amide bonds. The molecule has 1 aromatic carbocycles. The molecule has 2 aliphatic rings. The molecule has 1 atom stereocenters. The first-order chi connectivity index (χ1) is 17.9. The Morgan fingerprint density at radius 3 is 2.65 bits per heavy atom. The summed E-state index contributed by atoms with van der Waals surface area (Å²) in [5, 5.41) is 12.2. The van der Waals surface area contributed by atoms with Crippen LogP contribution in [-0.2, 0) is 9.59 Å². The molecular weight excluding hydrogens is 471 g/mol. The van der Waals surface area contributed by atoms with Crippen molar-refractivity contribution in [1.29, 1.82) is 0 Å². The summed E-state index contributed by atoms with van der Waals surface area (Å²) >= 11 is 0. The lowest BCUT2D eigenvalue weighted by Crippen LogP contribution is -2.45. The molecule has 0 bridgehead atoms. The first-order valence-corrected chi connectivity index (χ1v) is 12.7. The van der Waals surface area contributed by atoms with Crippen molar-refractivity contribution in [3.05, 3.63) is 30.5 Å². The van der Waals surface area contributed by atoms with Gasteiger partial charge >= 0.3 is 6.03 Å². The molecule has 0 saturated carbocycles. The predicted molar refractivity (Wildman–Crippen MR) is 143 cm³/mol. The van der Waals surface area contributed by atoms with Crippen LogP contribution in [0.5, 0.6) is 0 Å². The molecule has 37 heavy (non-hydrogen) atoms. The average Bonchev–Trinajstić information content (AvgIpc) is 3.59. The zero-order valence-corrected chi connectivity index (χ0v) is 21.1. The molecule has 0 aliphatic carbocycles. The number of hydrogen-bond acceptors (Lipinski definition) is 7. The molecular formula is C25H33BN8O3. The van der Waals surface area contributed by atoms with Crippen molar-refractivity contribution in [2.24, 2.45) is 0 Å². The highest BCUT2D eigenvalue weighted by atomic mass is 16.2. The number of carbonyl (C=O) groups is 3. The molecule has 4 N–H and O–H groups in total. The van der Waals surface area contributed by atoms with Gasteiger partial charge in [0, 0.05) is 57.2 Å². The quantitative estimate of drug-likeness (QED) is 0.301. The fourth-order valence-corrected chi connectivity index (χ4v) is 4.56. The van der Waals surface area contributed by atoms with Crippen LogP contribution >= 0.6 is 0 Å². The van der Waals surface area contributed by atoms with Crippen LogP contribution < -0.4 is 26.7 Å². The van der Waals surface area contributed by atoms with Gasteiger partial charge in [-0.3, -0.25) is 9.59 Å². The summed E-state index contributed by atoms with van der Waals surface area (Å²) in [5.41, 5.74) is 1.82. The third-order valence-corrected chi connectivity index (χ3v) is 6.49. The number of nitrogens with one attached hydrogen (secondary N) is 4. The lowest BCUT2D eigenvalue weighted by atomic mass is 9.99. The molecule has 194 valence electrons. The second kappa shape index (κ2) is 12.4. The van der Waals surface area contributed by atoms with E-state index in [1.807, 2.05) is 29.2 Å². The largest absolute Gasteiger partial charge is 0.370 e. The number of hydrogen-bond donors (Lipinski definition) is 4. The molecule has 0 spiro atoms. The monoisotopic (exact) mass is 504 g/mol. The molecule has 2 radical (unpaired) electrons. The molecule has 1 aromatic heterocycles. The van der Waals surface area contributed by atoms with Crippen LogP contribution in [0.4, 0.5) is 27.9 Å². The zero-order valence-electron chi connectivity index (χ0n) is 21.1. The van der Waals surface area contributed by atoms with Crippen LogP contribution in [0.15, 0.2) is 30.5 Å². The summed E-state index contributed by atoms with van der Waals surface area (Å²) < 4.78 is 0. The first kappa shape index (κ1) is 26.2. The normalized spacial score (nSPS) is 16.9. The summed E-state index contributed by atoms with van der Waals surface area (Å²) in [6.07, 6.45) is 5.80. The molecule has 2 saturated heterocycles. The number of rotatable bonds is 9. The van der Waals surface area contributed by atoms with Crippen LogP contribution in [0.2, 0.25) is 0 Å². The summed E-state index contributed by atoms with van der Waals surface area (Å²) in [6, 6.07) is 6.89. The third kappa shape index (κ3) is 7.11. The molecule has 3 heterocycles. The van der Waals surface area contributed by atoms with Crippen LogP contribution in [0.1, 0.15) is 39.0 Å². The SMILES string of the molecule is [B]c1cnc(Nc2cccc(NC(=O)N3CCCC3)c2)nc1NCCCNC(=O)[C@@H]1CCCN1C(C)=O. The molecule has 12 heteroatoms. The Morgan fingerprint density at radius 1 is 1.08 bits per heavy atom. The number of nitrogens with zero attached hydrogens (tertiary/aromatic N) is 4. The molecule has 2 aliphatic heterocycles. The van der Waals surface area contributed by atoms with E-state index in [0.29, 0.717) is 55.4 Å². The Hall–Kier alpha value is -3.83. The van der Waals surface area contributed by atoms with E-state index in [9.17, 15) is 14.4 Å². The number of carbonyl (C=O) groups excluding carboxylic acids is 3. The van der Waals surface area contributed by atoms with Gasteiger partial charge in [-0.15, -0.1) is 0 Å². The lowest BCUT2D eigenvalue weighted by molar-refractivity contribution is -0.136. The Labute approximate surface area is 218 Å². The number of likely N-dealkylation sites (tertiary alicyclic amines) is 2. The fraction of sp³-hybridized carbons (Fsp3) is 0.480. The van der Waals surface area contributed by atoms with Gasteiger partial charge in [0.05, 0.1) is 0 Å². The van der Waals surface area contributed by atoms with Gasteiger partial charge in [-0.1, -0.05) is 6.07 Å². The van der Waals surface area contributed by atoms with E-state index in [4.69, 9.17) is 7.85 Å². The van der Waals surface area contributed by atoms with Crippen molar-refractivity contribution in [3.8, 4) is 0 Å². The van der Waals surface area contributed by atoms with Crippen molar-refractivity contribution in [2.45, 2.75) is 45.1 Å². The summed E-state index contributed by atoms with van der Waals surface area (Å²) in [5.74, 6) is 0.667. The Kier molecular flexibility index (Phi) is 8.81. The van der Waals surface area contributed by atoms with E-state index in [1.165, 1.54) is 13.1 Å². The second-order valence-corrected chi connectivity index (χ2v) is 9.27. The number of anilines is 4. The van der Waals surface area contributed by atoms with Crippen molar-refractivity contribution >= 4 is 54.3 Å². The standard InChI is InChI=1S/C25H33BN8O3/c1-17(35)34-14-5-9-21(34)23(36)28-11-6-10-27-22-20(26)16-29-24(32-22)30-18-7-4-8-19(15-18)31-25(37)33-12-2-3-13-33/h4,7-8,15-16,21H,2-3,5-6,9-14H2,1H3,(H,28,36)(H,31,37)(H2,27,29,30,32)/t21-/m0/s1. The number of urea groups is 1. The maximum atomic E-state index is 12.4. The van der Waals surface area contributed by atoms with Gasteiger partial charge < -0.3 is 31.1 Å². The topological polar surface area (TPSA) is 132 Å². The number of aromatic nitrogens is 2. The van der Waals surface area contributed by atoms with Crippen molar-refractivity contribution < 1.29 is 14.4 Å². The Morgan fingerprint density at radius 2 is 1.86 bits per heavy atom. The summed E-state index contributed by atoms with van der Waals surface area (Å²) in [6.45, 7) is 4.71. The molecule has 2 aromatic rings. The van der Waals surface area contributed by atoms with Crippen LogP contribution in [0.25, 0.3) is 0 Å². The Bertz CT molecular complexity index is 1120. The summed E-state index contributed by atoms with van der Waals surface area (Å²) in [4.78, 5) is 48.6. The van der Waals surface area contributed by atoms with E-state index >= 15 is 0 Å². The van der Waals surface area contributed by atoms with Crippen LogP contribution in [0, 0.1) is 0 Å². The smallest absolute Gasteiger partial charge is 0.321 e. The van der Waals surface area contributed by atoms with E-state index in [2.05, 4.69) is 31.2 Å². The van der Waals surface area contributed by atoms with Crippen molar-refractivity contribution in [3.63, 3.8) is 0 Å². The second-order valence-electron chi connectivity index (χ2n) is 9.27. The predicted octanol–water partition coefficient (Wildman–Crippen LogP) is 1.57. The van der Waals surface area contributed by atoms with Crippen molar-refractivity contribution in [2.75, 3.05) is 48.7 Å². The molecule has 11 nitrogen and oxygen atoms in total. The van der Waals surface area contributed by atoms with Crippen molar-refractivity contribution in [1.82, 2.24) is 25.1 Å². The third-order valence-electron chi connectivity index (χ3n) is 6.49. The van der Waals surface area contributed by atoms with Gasteiger partial charge in [0.25, 0.3) is 0 Å². The summed E-state index contributed by atoms with van der Waals surface area (Å²) in [7, 11) is 6.04.